The van der Waals surface area contributed by atoms with Gasteiger partial charge < -0.3 is 4.74 Å². The molecule has 1 saturated heterocycles. The highest BCUT2D eigenvalue weighted by molar-refractivity contribution is 9.10. The van der Waals surface area contributed by atoms with Crippen molar-refractivity contribution in [2.24, 2.45) is 11.8 Å². The Morgan fingerprint density at radius 3 is 2.26 bits per heavy atom. The predicted molar refractivity (Wildman–Crippen MR) is 78.4 cm³/mol. The van der Waals surface area contributed by atoms with E-state index in [4.69, 9.17) is 4.74 Å². The molecular weight excluding hydrogens is 382 g/mol. The summed E-state index contributed by atoms with van der Waals surface area (Å²) in [6.07, 6.45) is 0.142. The molecule has 1 fully saturated rings. The van der Waals surface area contributed by atoms with Gasteiger partial charge in [0.25, 0.3) is 0 Å². The van der Waals surface area contributed by atoms with Gasteiger partial charge >= 0.3 is 0 Å². The summed E-state index contributed by atoms with van der Waals surface area (Å²) >= 11 is 6.52. The summed E-state index contributed by atoms with van der Waals surface area (Å²) in [4.78, 5) is -0.259. The van der Waals surface area contributed by atoms with Gasteiger partial charge in [0.05, 0.1) is 16.7 Å². The van der Waals surface area contributed by atoms with Crippen LogP contribution in [0.4, 0.5) is 8.78 Å². The van der Waals surface area contributed by atoms with Crippen LogP contribution in [0.2, 0.25) is 0 Å². The van der Waals surface area contributed by atoms with Crippen LogP contribution < -0.4 is 0 Å². The smallest absolute Gasteiger partial charge is 0.137 e. The summed E-state index contributed by atoms with van der Waals surface area (Å²) in [5.41, 5.74) is 0.349. The summed E-state index contributed by atoms with van der Waals surface area (Å²) < 4.78 is 33.5. The molecule has 1 aliphatic rings. The van der Waals surface area contributed by atoms with Gasteiger partial charge in [-0.05, 0) is 47.8 Å². The molecule has 0 spiro atoms. The molecule has 5 atom stereocenters. The molecule has 0 saturated carbocycles. The molecule has 19 heavy (non-hydrogen) atoms. The monoisotopic (exact) mass is 396 g/mol. The second-order valence-electron chi connectivity index (χ2n) is 5.17. The first-order valence-corrected chi connectivity index (χ1v) is 7.97. The molecule has 5 heteroatoms. The second kappa shape index (κ2) is 5.78. The molecule has 2 rings (SSSR count). The van der Waals surface area contributed by atoms with Crippen LogP contribution in [0.5, 0.6) is 0 Å². The minimum atomic E-state index is -0.451. The van der Waals surface area contributed by atoms with E-state index in [1.165, 1.54) is 12.1 Å². The molecule has 1 nitrogen and oxygen atoms in total. The van der Waals surface area contributed by atoms with Crippen LogP contribution in [-0.4, -0.2) is 12.2 Å². The molecule has 0 bridgehead atoms. The molecule has 0 N–H and O–H groups in total. The summed E-state index contributed by atoms with van der Waals surface area (Å²) in [6, 6.07) is 2.43. The lowest BCUT2D eigenvalue weighted by molar-refractivity contribution is 0.0510. The minimum absolute atomic E-state index is 0.0143. The Bertz CT molecular complexity index is 481. The molecular formula is C14H16Br2F2O. The second-order valence-corrected chi connectivity index (χ2v) is 7.01. The van der Waals surface area contributed by atoms with Crippen molar-refractivity contribution in [3.8, 4) is 0 Å². The summed E-state index contributed by atoms with van der Waals surface area (Å²) in [6.45, 7) is 6.08. The quantitative estimate of drug-likeness (QED) is 0.490. The highest BCUT2D eigenvalue weighted by atomic mass is 79.9. The number of ether oxygens (including phenoxy) is 1. The van der Waals surface area contributed by atoms with E-state index >= 15 is 0 Å². The van der Waals surface area contributed by atoms with Crippen LogP contribution in [0.25, 0.3) is 0 Å². The highest BCUT2D eigenvalue weighted by Gasteiger charge is 2.42. The Morgan fingerprint density at radius 1 is 1.11 bits per heavy atom. The van der Waals surface area contributed by atoms with Crippen LogP contribution in [0.3, 0.4) is 0 Å². The maximum atomic E-state index is 14.0. The molecule has 1 heterocycles. The molecule has 0 aromatic heterocycles. The summed E-state index contributed by atoms with van der Waals surface area (Å²) in [5, 5.41) is 0. The van der Waals surface area contributed by atoms with E-state index in [9.17, 15) is 8.78 Å². The molecule has 1 aromatic carbocycles. The van der Waals surface area contributed by atoms with Gasteiger partial charge in [-0.1, -0.05) is 22.9 Å². The minimum Gasteiger partial charge on any atom is -0.375 e. The summed E-state index contributed by atoms with van der Waals surface area (Å²) in [5.74, 6) is -0.460. The molecule has 1 aromatic rings. The van der Waals surface area contributed by atoms with Crippen molar-refractivity contribution >= 4 is 31.9 Å². The van der Waals surface area contributed by atoms with Crippen molar-refractivity contribution in [2.75, 3.05) is 0 Å². The van der Waals surface area contributed by atoms with E-state index in [0.29, 0.717) is 5.56 Å². The third-order valence-corrected chi connectivity index (χ3v) is 5.70. The maximum absolute atomic E-state index is 14.0. The molecule has 0 aliphatic carbocycles. The molecule has 0 amide bonds. The number of hydrogen-bond acceptors (Lipinski definition) is 1. The fourth-order valence-corrected chi connectivity index (χ4v) is 4.33. The first-order chi connectivity index (χ1) is 8.82. The predicted octanol–water partition coefficient (Wildman–Crippen LogP) is 5.22. The topological polar surface area (TPSA) is 9.23 Å². The largest absolute Gasteiger partial charge is 0.375 e. The first kappa shape index (κ1) is 15.4. The lowest BCUT2D eigenvalue weighted by atomic mass is 9.84. The van der Waals surface area contributed by atoms with Crippen molar-refractivity contribution in [2.45, 2.75) is 37.8 Å². The zero-order valence-electron chi connectivity index (χ0n) is 11.0. The van der Waals surface area contributed by atoms with Crippen molar-refractivity contribution in [1.82, 2.24) is 0 Å². The highest BCUT2D eigenvalue weighted by Crippen LogP contribution is 2.46. The van der Waals surface area contributed by atoms with Gasteiger partial charge in [-0.25, -0.2) is 8.78 Å². The van der Waals surface area contributed by atoms with Gasteiger partial charge in [0, 0.05) is 16.3 Å². The van der Waals surface area contributed by atoms with E-state index in [1.54, 1.807) is 0 Å². The van der Waals surface area contributed by atoms with Crippen molar-refractivity contribution in [1.29, 1.82) is 0 Å². The number of benzene rings is 1. The molecule has 1 aliphatic heterocycles. The van der Waals surface area contributed by atoms with Gasteiger partial charge in [0.15, 0.2) is 0 Å². The van der Waals surface area contributed by atoms with E-state index in [1.807, 2.05) is 13.8 Å². The van der Waals surface area contributed by atoms with Crippen molar-refractivity contribution < 1.29 is 13.5 Å². The van der Waals surface area contributed by atoms with Crippen LogP contribution in [0, 0.1) is 23.5 Å². The standard InChI is InChI=1S/C14H16Br2F2O/c1-6-7(2)19-8(3)13(6)14(16)9-4-12(18)10(15)5-11(9)17/h4-8,13-14H,1-3H3. The summed E-state index contributed by atoms with van der Waals surface area (Å²) in [7, 11) is 0. The normalized spacial score (nSPS) is 32.6. The molecule has 0 radical (unpaired) electrons. The number of alkyl halides is 1. The van der Waals surface area contributed by atoms with Crippen LogP contribution in [0.15, 0.2) is 16.6 Å². The average Bonchev–Trinajstić information content (AvgIpc) is 2.57. The van der Waals surface area contributed by atoms with Gasteiger partial charge in [0.1, 0.15) is 11.6 Å². The van der Waals surface area contributed by atoms with Gasteiger partial charge in [0.2, 0.25) is 0 Å². The van der Waals surface area contributed by atoms with E-state index < -0.39 is 11.6 Å². The Morgan fingerprint density at radius 2 is 1.74 bits per heavy atom. The third kappa shape index (κ3) is 2.88. The molecule has 106 valence electrons. The van der Waals surface area contributed by atoms with Crippen LogP contribution in [-0.2, 0) is 4.74 Å². The fourth-order valence-electron chi connectivity index (χ4n) is 2.75. The van der Waals surface area contributed by atoms with E-state index in [-0.39, 0.29) is 33.3 Å². The van der Waals surface area contributed by atoms with Crippen LogP contribution >= 0.6 is 31.9 Å². The van der Waals surface area contributed by atoms with Crippen molar-refractivity contribution in [3.05, 3.63) is 33.8 Å². The Balaban J connectivity index is 2.34. The zero-order valence-corrected chi connectivity index (χ0v) is 14.1. The SMILES string of the molecule is CC1OC(C)C(C(Br)c2cc(F)c(Br)cc2F)C1C. The van der Waals surface area contributed by atoms with Gasteiger partial charge in [-0.2, -0.15) is 0 Å². The lowest BCUT2D eigenvalue weighted by Gasteiger charge is -2.25. The van der Waals surface area contributed by atoms with Gasteiger partial charge in [-0.15, -0.1) is 0 Å². The van der Waals surface area contributed by atoms with E-state index in [0.717, 1.165) is 0 Å². The number of halogens is 4. The van der Waals surface area contributed by atoms with E-state index in [2.05, 4.69) is 38.8 Å². The Labute approximate surface area is 129 Å². The Kier molecular flexibility index (Phi) is 4.68. The zero-order chi connectivity index (χ0) is 14.3. The van der Waals surface area contributed by atoms with Crippen molar-refractivity contribution in [3.63, 3.8) is 0 Å². The average molecular weight is 398 g/mol. The number of rotatable bonds is 2. The third-order valence-electron chi connectivity index (χ3n) is 3.99. The fraction of sp³-hybridized carbons (Fsp3) is 0.571. The van der Waals surface area contributed by atoms with Crippen LogP contribution in [0.1, 0.15) is 31.2 Å². The maximum Gasteiger partial charge on any atom is 0.137 e. The molecule has 5 unspecified atom stereocenters. The van der Waals surface area contributed by atoms with Gasteiger partial charge in [-0.3, -0.25) is 0 Å². The Hall–Kier alpha value is -0.0000000000000000555. The number of hydrogen-bond donors (Lipinski definition) is 0. The first-order valence-electron chi connectivity index (χ1n) is 6.27. The lowest BCUT2D eigenvalue weighted by Crippen LogP contribution is -2.22.